The second-order valence-electron chi connectivity index (χ2n) is 5.05. The van der Waals surface area contributed by atoms with Gasteiger partial charge in [0.1, 0.15) is 0 Å². The van der Waals surface area contributed by atoms with E-state index in [2.05, 4.69) is 16.4 Å². The SMILES string of the molecule is N#CC1CCC(Nc2ccc3[nH]c(=O)oc3c2)CC1. The van der Waals surface area contributed by atoms with E-state index in [9.17, 15) is 4.79 Å². The van der Waals surface area contributed by atoms with Gasteiger partial charge in [-0.15, -0.1) is 0 Å². The van der Waals surface area contributed by atoms with E-state index in [0.717, 1.165) is 31.4 Å². The van der Waals surface area contributed by atoms with Gasteiger partial charge >= 0.3 is 5.76 Å². The number of nitrogens with one attached hydrogen (secondary N) is 2. The minimum atomic E-state index is -0.429. The molecule has 1 aromatic carbocycles. The first-order valence-electron chi connectivity index (χ1n) is 6.53. The number of hydrogen-bond acceptors (Lipinski definition) is 4. The van der Waals surface area contributed by atoms with Crippen LogP contribution in [0.2, 0.25) is 0 Å². The Labute approximate surface area is 110 Å². The van der Waals surface area contributed by atoms with Crippen molar-refractivity contribution in [2.45, 2.75) is 31.7 Å². The highest BCUT2D eigenvalue weighted by atomic mass is 16.4. The lowest BCUT2D eigenvalue weighted by atomic mass is 9.87. The summed E-state index contributed by atoms with van der Waals surface area (Å²) in [6, 6.07) is 8.34. The Balaban J connectivity index is 1.72. The molecule has 1 saturated carbocycles. The third-order valence-electron chi connectivity index (χ3n) is 3.70. The van der Waals surface area contributed by atoms with E-state index in [1.165, 1.54) is 0 Å². The quantitative estimate of drug-likeness (QED) is 0.866. The number of rotatable bonds is 2. The van der Waals surface area contributed by atoms with E-state index >= 15 is 0 Å². The Morgan fingerprint density at radius 1 is 1.32 bits per heavy atom. The average Bonchev–Trinajstić information content (AvgIpc) is 2.79. The average molecular weight is 257 g/mol. The highest BCUT2D eigenvalue weighted by Crippen LogP contribution is 2.26. The van der Waals surface area contributed by atoms with Crippen LogP contribution in [0.15, 0.2) is 27.4 Å². The molecule has 1 heterocycles. The fraction of sp³-hybridized carbons (Fsp3) is 0.429. The summed E-state index contributed by atoms with van der Waals surface area (Å²) in [5.41, 5.74) is 2.24. The standard InChI is InChI=1S/C14H15N3O2/c15-8-9-1-3-10(4-2-9)16-11-5-6-12-13(7-11)19-14(18)17-12/h5-7,9-10,16H,1-4H2,(H,17,18). The number of hydrogen-bond donors (Lipinski definition) is 2. The fourth-order valence-electron chi connectivity index (χ4n) is 2.64. The van der Waals surface area contributed by atoms with Crippen molar-refractivity contribution in [1.29, 1.82) is 5.26 Å². The molecule has 2 N–H and O–H groups in total. The number of fused-ring (bicyclic) bond motifs is 1. The van der Waals surface area contributed by atoms with E-state index in [-0.39, 0.29) is 5.92 Å². The third-order valence-corrected chi connectivity index (χ3v) is 3.70. The molecule has 2 aromatic rings. The van der Waals surface area contributed by atoms with Gasteiger partial charge in [-0.1, -0.05) is 0 Å². The summed E-state index contributed by atoms with van der Waals surface area (Å²) >= 11 is 0. The monoisotopic (exact) mass is 257 g/mol. The number of oxazole rings is 1. The zero-order chi connectivity index (χ0) is 13.2. The maximum atomic E-state index is 11.1. The van der Waals surface area contributed by atoms with Gasteiger partial charge in [0.25, 0.3) is 0 Å². The van der Waals surface area contributed by atoms with E-state index < -0.39 is 5.76 Å². The predicted octanol–water partition coefficient (Wildman–Crippen LogP) is 2.62. The van der Waals surface area contributed by atoms with E-state index in [1.807, 2.05) is 18.2 Å². The van der Waals surface area contributed by atoms with Crippen LogP contribution >= 0.6 is 0 Å². The first-order chi connectivity index (χ1) is 9.24. The first-order valence-corrected chi connectivity index (χ1v) is 6.53. The summed E-state index contributed by atoms with van der Waals surface area (Å²) in [6.45, 7) is 0. The lowest BCUT2D eigenvalue weighted by molar-refractivity contribution is 0.397. The molecule has 0 atom stereocenters. The van der Waals surface area contributed by atoms with Crippen molar-refractivity contribution >= 4 is 16.8 Å². The molecule has 0 bridgehead atoms. The normalized spacial score (nSPS) is 23.1. The number of nitrogens with zero attached hydrogens (tertiary/aromatic N) is 1. The van der Waals surface area contributed by atoms with E-state index in [0.29, 0.717) is 17.1 Å². The van der Waals surface area contributed by atoms with Crippen LogP contribution < -0.4 is 11.1 Å². The molecule has 5 heteroatoms. The van der Waals surface area contributed by atoms with Crippen LogP contribution in [0, 0.1) is 17.2 Å². The minimum Gasteiger partial charge on any atom is -0.408 e. The van der Waals surface area contributed by atoms with Crippen molar-refractivity contribution in [3.8, 4) is 6.07 Å². The summed E-state index contributed by atoms with van der Waals surface area (Å²) < 4.78 is 5.04. The number of benzene rings is 1. The van der Waals surface area contributed by atoms with E-state index in [4.69, 9.17) is 9.68 Å². The molecule has 0 unspecified atom stereocenters. The minimum absolute atomic E-state index is 0.211. The predicted molar refractivity (Wildman–Crippen MR) is 71.8 cm³/mol. The van der Waals surface area contributed by atoms with Crippen LogP contribution in [0.3, 0.4) is 0 Å². The second kappa shape index (κ2) is 4.81. The molecule has 1 aliphatic rings. The van der Waals surface area contributed by atoms with Crippen molar-refractivity contribution in [3.05, 3.63) is 28.7 Å². The highest BCUT2D eigenvalue weighted by Gasteiger charge is 2.20. The van der Waals surface area contributed by atoms with Gasteiger partial charge in [0, 0.05) is 23.7 Å². The molecular formula is C14H15N3O2. The molecule has 0 saturated heterocycles. The summed E-state index contributed by atoms with van der Waals surface area (Å²) in [4.78, 5) is 13.7. The van der Waals surface area contributed by atoms with Gasteiger partial charge in [0.15, 0.2) is 5.58 Å². The first kappa shape index (κ1) is 11.8. The molecule has 19 heavy (non-hydrogen) atoms. The smallest absolute Gasteiger partial charge is 0.408 e. The molecular weight excluding hydrogens is 242 g/mol. The van der Waals surface area contributed by atoms with Crippen molar-refractivity contribution in [1.82, 2.24) is 4.98 Å². The number of anilines is 1. The molecule has 1 aliphatic carbocycles. The van der Waals surface area contributed by atoms with Crippen LogP contribution in [0.4, 0.5) is 5.69 Å². The van der Waals surface area contributed by atoms with Crippen LogP contribution in [0.5, 0.6) is 0 Å². The van der Waals surface area contributed by atoms with Crippen LogP contribution in [-0.4, -0.2) is 11.0 Å². The molecule has 0 radical (unpaired) electrons. The van der Waals surface area contributed by atoms with Gasteiger partial charge in [-0.05, 0) is 37.8 Å². The van der Waals surface area contributed by atoms with Gasteiger partial charge in [0.2, 0.25) is 0 Å². The number of aromatic amines is 1. The summed E-state index contributed by atoms with van der Waals surface area (Å²) in [5, 5.41) is 12.3. The Kier molecular flexibility index (Phi) is 3.00. The number of H-pyrrole nitrogens is 1. The molecule has 0 aliphatic heterocycles. The Hall–Kier alpha value is -2.22. The summed E-state index contributed by atoms with van der Waals surface area (Å²) in [5.74, 6) is -0.218. The number of aromatic nitrogens is 1. The Bertz CT molecular complexity index is 672. The van der Waals surface area contributed by atoms with Gasteiger partial charge in [-0.25, -0.2) is 4.79 Å². The Morgan fingerprint density at radius 3 is 2.84 bits per heavy atom. The fourth-order valence-corrected chi connectivity index (χ4v) is 2.64. The zero-order valence-corrected chi connectivity index (χ0v) is 10.5. The second-order valence-corrected chi connectivity index (χ2v) is 5.05. The van der Waals surface area contributed by atoms with Crippen LogP contribution in [-0.2, 0) is 0 Å². The molecule has 98 valence electrons. The Morgan fingerprint density at radius 2 is 2.11 bits per heavy atom. The molecule has 0 amide bonds. The van der Waals surface area contributed by atoms with Crippen LogP contribution in [0.25, 0.3) is 11.1 Å². The van der Waals surface area contributed by atoms with Crippen molar-refractivity contribution in [2.75, 3.05) is 5.32 Å². The summed E-state index contributed by atoms with van der Waals surface area (Å²) in [7, 11) is 0. The van der Waals surface area contributed by atoms with E-state index in [1.54, 1.807) is 0 Å². The maximum Gasteiger partial charge on any atom is 0.417 e. The largest absolute Gasteiger partial charge is 0.417 e. The van der Waals surface area contributed by atoms with Crippen molar-refractivity contribution < 1.29 is 4.42 Å². The molecule has 0 spiro atoms. The molecule has 3 rings (SSSR count). The molecule has 1 fully saturated rings. The molecule has 5 nitrogen and oxygen atoms in total. The van der Waals surface area contributed by atoms with Crippen molar-refractivity contribution in [2.24, 2.45) is 5.92 Å². The van der Waals surface area contributed by atoms with Gasteiger partial charge in [-0.3, -0.25) is 4.98 Å². The third kappa shape index (κ3) is 2.48. The van der Waals surface area contributed by atoms with Crippen molar-refractivity contribution in [3.63, 3.8) is 0 Å². The van der Waals surface area contributed by atoms with Gasteiger partial charge in [-0.2, -0.15) is 5.26 Å². The molecule has 1 aromatic heterocycles. The topological polar surface area (TPSA) is 81.8 Å². The highest BCUT2D eigenvalue weighted by molar-refractivity contribution is 5.76. The lowest BCUT2D eigenvalue weighted by Gasteiger charge is -2.26. The lowest BCUT2D eigenvalue weighted by Crippen LogP contribution is -2.25. The van der Waals surface area contributed by atoms with Gasteiger partial charge < -0.3 is 9.73 Å². The summed E-state index contributed by atoms with van der Waals surface area (Å²) in [6.07, 6.45) is 3.92. The van der Waals surface area contributed by atoms with Crippen LogP contribution in [0.1, 0.15) is 25.7 Å². The van der Waals surface area contributed by atoms with Gasteiger partial charge in [0.05, 0.1) is 11.6 Å². The zero-order valence-electron chi connectivity index (χ0n) is 10.5. The maximum absolute atomic E-state index is 11.1. The number of nitriles is 1.